The first-order valence-corrected chi connectivity index (χ1v) is 9.72. The van der Waals surface area contributed by atoms with Gasteiger partial charge in [-0.25, -0.2) is 9.18 Å². The summed E-state index contributed by atoms with van der Waals surface area (Å²) in [5.74, 6) is -1.49. The number of carboxylic acid groups (broad SMARTS) is 1. The summed E-state index contributed by atoms with van der Waals surface area (Å²) in [6.07, 6.45) is -5.78. The van der Waals surface area contributed by atoms with Crippen LogP contribution in [0, 0.1) is 0 Å². The minimum atomic E-state index is -4.48. The summed E-state index contributed by atoms with van der Waals surface area (Å²) in [4.78, 5) is 25.3. The Morgan fingerprint density at radius 2 is 1.88 bits per heavy atom. The van der Waals surface area contributed by atoms with Crippen LogP contribution in [0.15, 0.2) is 48.5 Å². The van der Waals surface area contributed by atoms with E-state index in [4.69, 9.17) is 5.11 Å². The van der Waals surface area contributed by atoms with Crippen LogP contribution in [0.25, 0.3) is 0 Å². The molecule has 0 bridgehead atoms. The van der Waals surface area contributed by atoms with E-state index in [2.05, 4.69) is 5.32 Å². The smallest absolute Gasteiger partial charge is 1.00 e. The van der Waals surface area contributed by atoms with Gasteiger partial charge in [0.1, 0.15) is 6.17 Å². The van der Waals surface area contributed by atoms with E-state index >= 15 is 0 Å². The number of rotatable bonds is 6. The first kappa shape index (κ1) is 25.9. The number of hydrogen-bond acceptors (Lipinski definition) is 3. The number of carboxylic acids is 1. The van der Waals surface area contributed by atoms with E-state index < -0.39 is 41.9 Å². The maximum Gasteiger partial charge on any atom is 1.00 e. The van der Waals surface area contributed by atoms with Crippen molar-refractivity contribution in [1.82, 2.24) is 10.2 Å². The summed E-state index contributed by atoms with van der Waals surface area (Å²) >= 11 is 0. The molecule has 1 aliphatic heterocycles. The molecule has 0 saturated carbocycles. The Kier molecular flexibility index (Phi) is 8.52. The Balaban J connectivity index is 0.00000272. The zero-order valence-corrected chi connectivity index (χ0v) is 17.7. The third-order valence-electron chi connectivity index (χ3n) is 5.31. The molecule has 1 saturated heterocycles. The standard InChI is InChI=1S/C22H22F4N2O3.Li.H/c1-13(15-5-7-16(8-6-15)21(30)31)27-20(29)19-10-18(23)12-28(19)11-14-3-2-4-17(9-14)22(24,25)26;;/h2-9,13,18-19H,10-12H2,1H3,(H,27,29)(H,30,31);;/q;+1;-1/t13-,18-,19+;;/m0../s1. The summed E-state index contributed by atoms with van der Waals surface area (Å²) < 4.78 is 52.9. The molecule has 0 spiro atoms. The third kappa shape index (κ3) is 6.34. The third-order valence-corrected chi connectivity index (χ3v) is 5.31. The van der Waals surface area contributed by atoms with Crippen LogP contribution in [0.2, 0.25) is 0 Å². The number of alkyl halides is 4. The van der Waals surface area contributed by atoms with Gasteiger partial charge in [-0.2, -0.15) is 13.2 Å². The fourth-order valence-corrected chi connectivity index (χ4v) is 3.68. The SMILES string of the molecule is C[C@H](NC(=O)[C@H]1C[C@H](F)CN1Cc1cccc(C(F)(F)F)c1)c1ccc(C(=O)O)cc1.[H-].[Li+]. The quantitative estimate of drug-likeness (QED) is 0.519. The van der Waals surface area contributed by atoms with Gasteiger partial charge >= 0.3 is 31.0 Å². The maximum absolute atomic E-state index is 14.1. The van der Waals surface area contributed by atoms with Crippen molar-refractivity contribution < 1.29 is 52.5 Å². The van der Waals surface area contributed by atoms with E-state index in [0.29, 0.717) is 11.1 Å². The number of likely N-dealkylation sites (tertiary alicyclic amines) is 1. The molecule has 0 unspecified atom stereocenters. The van der Waals surface area contributed by atoms with Crippen molar-refractivity contribution in [2.45, 2.75) is 44.3 Å². The number of hydrogen-bond donors (Lipinski definition) is 2. The number of carbonyl (C=O) groups is 2. The van der Waals surface area contributed by atoms with Crippen LogP contribution in [-0.4, -0.2) is 40.6 Å². The van der Waals surface area contributed by atoms with Gasteiger partial charge in [0.05, 0.1) is 23.2 Å². The molecule has 0 aromatic heterocycles. The molecule has 1 aliphatic rings. The van der Waals surface area contributed by atoms with E-state index in [1.54, 1.807) is 19.1 Å². The van der Waals surface area contributed by atoms with Crippen molar-refractivity contribution in [1.29, 1.82) is 0 Å². The van der Waals surface area contributed by atoms with Crippen LogP contribution >= 0.6 is 0 Å². The summed E-state index contributed by atoms with van der Waals surface area (Å²) in [5, 5.41) is 11.8. The van der Waals surface area contributed by atoms with E-state index in [-0.39, 0.29) is 45.4 Å². The number of nitrogens with one attached hydrogen (secondary N) is 1. The number of carbonyl (C=O) groups excluding carboxylic acids is 1. The second kappa shape index (κ2) is 10.5. The van der Waals surface area contributed by atoms with Gasteiger partial charge in [0.25, 0.3) is 0 Å². The molecule has 2 aromatic rings. The predicted molar refractivity (Wildman–Crippen MR) is 106 cm³/mol. The molecule has 2 aromatic carbocycles. The minimum absolute atomic E-state index is 0. The van der Waals surface area contributed by atoms with Crippen molar-refractivity contribution in [2.24, 2.45) is 0 Å². The molecule has 0 radical (unpaired) electrons. The van der Waals surface area contributed by atoms with Crippen LogP contribution in [0.4, 0.5) is 17.6 Å². The first-order chi connectivity index (χ1) is 14.5. The topological polar surface area (TPSA) is 69.6 Å². The number of aromatic carboxylic acids is 1. The van der Waals surface area contributed by atoms with Crippen LogP contribution in [0.3, 0.4) is 0 Å². The average Bonchev–Trinajstić information content (AvgIpc) is 3.07. The number of nitrogens with zero attached hydrogens (tertiary/aromatic N) is 1. The van der Waals surface area contributed by atoms with Crippen molar-refractivity contribution in [3.63, 3.8) is 0 Å². The summed E-state index contributed by atoms with van der Waals surface area (Å²) in [5.41, 5.74) is 0.350. The van der Waals surface area contributed by atoms with Gasteiger partial charge in [-0.1, -0.05) is 30.3 Å². The maximum atomic E-state index is 14.1. The largest absolute Gasteiger partial charge is 1.00 e. The molecule has 32 heavy (non-hydrogen) atoms. The molecule has 1 amide bonds. The molecule has 2 N–H and O–H groups in total. The summed E-state index contributed by atoms with van der Waals surface area (Å²) in [6, 6.07) is 9.53. The second-order valence-corrected chi connectivity index (χ2v) is 7.63. The van der Waals surface area contributed by atoms with Gasteiger partial charge in [-0.05, 0) is 36.2 Å². The molecule has 3 atom stereocenters. The number of halogens is 4. The fourth-order valence-electron chi connectivity index (χ4n) is 3.68. The molecule has 168 valence electrons. The van der Waals surface area contributed by atoms with Crippen molar-refractivity contribution in [2.75, 3.05) is 6.54 Å². The predicted octanol–water partition coefficient (Wildman–Crippen LogP) is 1.31. The summed E-state index contributed by atoms with van der Waals surface area (Å²) in [7, 11) is 0. The molecule has 1 heterocycles. The zero-order valence-electron chi connectivity index (χ0n) is 18.7. The van der Waals surface area contributed by atoms with Gasteiger partial charge in [0, 0.05) is 19.5 Å². The van der Waals surface area contributed by atoms with Crippen LogP contribution in [-0.2, 0) is 17.5 Å². The molecular weight excluding hydrogens is 423 g/mol. The number of amides is 1. The monoisotopic (exact) mass is 446 g/mol. The molecule has 1 fully saturated rings. The van der Waals surface area contributed by atoms with Crippen LogP contribution in [0.5, 0.6) is 0 Å². The second-order valence-electron chi connectivity index (χ2n) is 7.63. The van der Waals surface area contributed by atoms with Gasteiger partial charge in [-0.3, -0.25) is 9.69 Å². The Morgan fingerprint density at radius 1 is 1.22 bits per heavy atom. The van der Waals surface area contributed by atoms with Crippen molar-refractivity contribution in [3.8, 4) is 0 Å². The average molecular weight is 446 g/mol. The zero-order chi connectivity index (χ0) is 22.8. The van der Waals surface area contributed by atoms with E-state index in [0.717, 1.165) is 12.1 Å². The molecule has 10 heteroatoms. The van der Waals surface area contributed by atoms with Gasteiger partial charge in [0.2, 0.25) is 5.91 Å². The molecule has 5 nitrogen and oxygen atoms in total. The molecule has 3 rings (SSSR count). The fraction of sp³-hybridized carbons (Fsp3) is 0.364. The van der Waals surface area contributed by atoms with Crippen LogP contribution in [0.1, 0.15) is 47.9 Å². The summed E-state index contributed by atoms with van der Waals surface area (Å²) in [6.45, 7) is 1.69. The van der Waals surface area contributed by atoms with E-state index in [9.17, 15) is 27.2 Å². The van der Waals surface area contributed by atoms with E-state index in [1.165, 1.54) is 29.2 Å². The minimum Gasteiger partial charge on any atom is -1.00 e. The normalized spacial score (nSPS) is 19.8. The van der Waals surface area contributed by atoms with Crippen molar-refractivity contribution in [3.05, 3.63) is 70.8 Å². The van der Waals surface area contributed by atoms with E-state index in [1.807, 2.05) is 0 Å². The first-order valence-electron chi connectivity index (χ1n) is 9.72. The van der Waals surface area contributed by atoms with Gasteiger partial charge in [0.15, 0.2) is 0 Å². The van der Waals surface area contributed by atoms with Gasteiger partial charge in [-0.15, -0.1) is 0 Å². The van der Waals surface area contributed by atoms with Gasteiger partial charge < -0.3 is 11.8 Å². The Hall–Kier alpha value is -2.34. The Morgan fingerprint density at radius 3 is 2.47 bits per heavy atom. The van der Waals surface area contributed by atoms with Crippen molar-refractivity contribution >= 4 is 11.9 Å². The van der Waals surface area contributed by atoms with Crippen LogP contribution < -0.4 is 24.2 Å². The molecule has 0 aliphatic carbocycles. The Bertz CT molecular complexity index is 959. The number of benzene rings is 2. The molecular formula is C22H23F4LiN2O3. The Labute approximate surface area is 196 Å².